The third-order valence-corrected chi connectivity index (χ3v) is 5.34. The molecule has 1 rings (SSSR count). The maximum Gasteiger partial charge on any atom is 0.244 e. The fraction of sp³-hybridized carbons (Fsp3) is 0.545. The van der Waals surface area contributed by atoms with Crippen molar-refractivity contribution < 1.29 is 16.8 Å². The van der Waals surface area contributed by atoms with Gasteiger partial charge in [-0.25, -0.2) is 21.8 Å². The Morgan fingerprint density at radius 2 is 1.90 bits per heavy atom. The second kappa shape index (κ2) is 6.51. The molecule has 0 amide bonds. The maximum atomic E-state index is 12.2. The van der Waals surface area contributed by atoms with Gasteiger partial charge in [0.15, 0.2) is 0 Å². The Morgan fingerprint density at radius 3 is 2.35 bits per heavy atom. The van der Waals surface area contributed by atoms with E-state index in [9.17, 15) is 16.8 Å². The summed E-state index contributed by atoms with van der Waals surface area (Å²) >= 11 is 0. The fourth-order valence-corrected chi connectivity index (χ4v) is 3.25. The van der Waals surface area contributed by atoms with Crippen LogP contribution in [0.1, 0.15) is 6.92 Å². The van der Waals surface area contributed by atoms with Crippen LogP contribution in [0.25, 0.3) is 0 Å². The van der Waals surface area contributed by atoms with E-state index in [2.05, 4.69) is 10.3 Å². The minimum absolute atomic E-state index is 0.0372. The molecule has 0 aliphatic rings. The summed E-state index contributed by atoms with van der Waals surface area (Å²) in [5.41, 5.74) is 0. The number of pyridine rings is 1. The molecule has 0 unspecified atom stereocenters. The number of nitrogens with zero attached hydrogens (tertiary/aromatic N) is 2. The van der Waals surface area contributed by atoms with Crippen LogP contribution in [0.5, 0.6) is 0 Å². The average molecular weight is 321 g/mol. The minimum Gasteiger partial charge on any atom is -0.370 e. The van der Waals surface area contributed by atoms with Crippen LogP contribution in [0.2, 0.25) is 0 Å². The van der Waals surface area contributed by atoms with Crippen molar-refractivity contribution in [3.05, 3.63) is 18.3 Å². The third-order valence-electron chi connectivity index (χ3n) is 2.58. The molecule has 0 aromatic carbocycles. The highest BCUT2D eigenvalue weighted by atomic mass is 32.2. The van der Waals surface area contributed by atoms with Crippen molar-refractivity contribution in [1.82, 2.24) is 9.29 Å². The molecule has 1 aromatic rings. The highest BCUT2D eigenvalue weighted by Crippen LogP contribution is 2.15. The van der Waals surface area contributed by atoms with Crippen LogP contribution in [0, 0.1) is 0 Å². The predicted molar refractivity (Wildman–Crippen MR) is 77.9 cm³/mol. The zero-order valence-corrected chi connectivity index (χ0v) is 13.3. The minimum atomic E-state index is -3.71. The zero-order valence-electron chi connectivity index (χ0n) is 11.7. The number of hydrogen-bond donors (Lipinski definition) is 1. The Bertz CT molecular complexity index is 639. The lowest BCUT2D eigenvalue weighted by Crippen LogP contribution is -2.31. The number of anilines is 1. The van der Waals surface area contributed by atoms with Gasteiger partial charge in [-0.15, -0.1) is 0 Å². The molecular formula is C11H19N3O4S2. The van der Waals surface area contributed by atoms with Crippen molar-refractivity contribution in [1.29, 1.82) is 0 Å². The molecule has 0 radical (unpaired) electrons. The summed E-state index contributed by atoms with van der Waals surface area (Å²) in [6, 6.07) is 3.01. The summed E-state index contributed by atoms with van der Waals surface area (Å²) in [5.74, 6) is 0.372. The highest BCUT2D eigenvalue weighted by Gasteiger charge is 2.22. The van der Waals surface area contributed by atoms with Crippen LogP contribution in [-0.4, -0.2) is 58.3 Å². The largest absolute Gasteiger partial charge is 0.370 e. The second-order valence-electron chi connectivity index (χ2n) is 4.37. The van der Waals surface area contributed by atoms with Crippen molar-refractivity contribution in [2.45, 2.75) is 11.8 Å². The standard InChI is InChI=1S/C11H19N3O4S2/c1-4-12-11-6-5-10(9-13-11)20(17,18)14(2)7-8-19(3,15)16/h5-6,9H,4,7-8H2,1-3H3,(H,12,13). The topological polar surface area (TPSA) is 96.4 Å². The van der Waals surface area contributed by atoms with E-state index in [-0.39, 0.29) is 17.2 Å². The molecule has 0 bridgehead atoms. The van der Waals surface area contributed by atoms with Crippen molar-refractivity contribution >= 4 is 25.7 Å². The Kier molecular flexibility index (Phi) is 5.49. The summed E-state index contributed by atoms with van der Waals surface area (Å²) in [6.07, 6.45) is 2.32. The van der Waals surface area contributed by atoms with Gasteiger partial charge in [-0.2, -0.15) is 4.31 Å². The maximum absolute atomic E-state index is 12.2. The molecule has 0 aliphatic heterocycles. The average Bonchev–Trinajstić information content (AvgIpc) is 2.36. The van der Waals surface area contributed by atoms with Gasteiger partial charge >= 0.3 is 0 Å². The van der Waals surface area contributed by atoms with Gasteiger partial charge in [0.2, 0.25) is 10.0 Å². The van der Waals surface area contributed by atoms with Crippen LogP contribution >= 0.6 is 0 Å². The third kappa shape index (κ3) is 4.73. The van der Waals surface area contributed by atoms with E-state index in [1.54, 1.807) is 6.07 Å². The van der Waals surface area contributed by atoms with Gasteiger partial charge < -0.3 is 5.32 Å². The van der Waals surface area contributed by atoms with Gasteiger partial charge in [-0.3, -0.25) is 0 Å². The van der Waals surface area contributed by atoms with Crippen molar-refractivity contribution in [2.24, 2.45) is 0 Å². The molecule has 0 fully saturated rings. The van der Waals surface area contributed by atoms with E-state index in [1.165, 1.54) is 19.3 Å². The molecular weight excluding hydrogens is 302 g/mol. The predicted octanol–water partition coefficient (Wildman–Crippen LogP) is 0.179. The van der Waals surface area contributed by atoms with E-state index in [0.29, 0.717) is 12.4 Å². The number of sulfone groups is 1. The Morgan fingerprint density at radius 1 is 1.25 bits per heavy atom. The summed E-state index contributed by atoms with van der Waals surface area (Å²) in [5, 5.41) is 2.96. The van der Waals surface area contributed by atoms with Crippen LogP contribution < -0.4 is 5.32 Å². The van der Waals surface area contributed by atoms with Gasteiger partial charge in [0, 0.05) is 32.6 Å². The lowest BCUT2D eigenvalue weighted by Gasteiger charge is -2.16. The van der Waals surface area contributed by atoms with E-state index in [4.69, 9.17) is 0 Å². The zero-order chi connectivity index (χ0) is 15.4. The molecule has 0 saturated carbocycles. The van der Waals surface area contributed by atoms with E-state index < -0.39 is 19.9 Å². The summed E-state index contributed by atoms with van der Waals surface area (Å²) in [6.45, 7) is 2.51. The molecule has 0 atom stereocenters. The van der Waals surface area contributed by atoms with E-state index in [0.717, 1.165) is 10.6 Å². The smallest absolute Gasteiger partial charge is 0.244 e. The van der Waals surface area contributed by atoms with Gasteiger partial charge in [-0.05, 0) is 19.1 Å². The van der Waals surface area contributed by atoms with Gasteiger partial charge in [0.05, 0.1) is 5.75 Å². The normalized spacial score (nSPS) is 12.6. The molecule has 9 heteroatoms. The monoisotopic (exact) mass is 321 g/mol. The number of sulfonamides is 1. The van der Waals surface area contributed by atoms with Crippen molar-refractivity contribution in [3.63, 3.8) is 0 Å². The molecule has 1 aromatic heterocycles. The molecule has 0 aliphatic carbocycles. The number of hydrogen-bond acceptors (Lipinski definition) is 6. The van der Waals surface area contributed by atoms with Crippen LogP contribution in [0.4, 0.5) is 5.82 Å². The summed E-state index contributed by atoms with van der Waals surface area (Å²) in [7, 11) is -5.58. The summed E-state index contributed by atoms with van der Waals surface area (Å²) in [4.78, 5) is 4.03. The number of aromatic nitrogens is 1. The molecule has 114 valence electrons. The first-order valence-corrected chi connectivity index (χ1v) is 9.51. The molecule has 7 nitrogen and oxygen atoms in total. The number of nitrogens with one attached hydrogen (secondary N) is 1. The van der Waals surface area contributed by atoms with Gasteiger partial charge in [0.1, 0.15) is 20.6 Å². The molecule has 0 spiro atoms. The lowest BCUT2D eigenvalue weighted by atomic mass is 10.4. The molecule has 1 N–H and O–H groups in total. The molecule has 1 heterocycles. The van der Waals surface area contributed by atoms with Crippen LogP contribution in [0.15, 0.2) is 23.2 Å². The van der Waals surface area contributed by atoms with E-state index in [1.807, 2.05) is 6.92 Å². The molecule has 20 heavy (non-hydrogen) atoms. The Hall–Kier alpha value is -1.19. The Balaban J connectivity index is 2.87. The quantitative estimate of drug-likeness (QED) is 0.769. The van der Waals surface area contributed by atoms with Crippen molar-refractivity contribution in [3.8, 4) is 0 Å². The molecule has 0 saturated heterocycles. The SMILES string of the molecule is CCNc1ccc(S(=O)(=O)N(C)CCS(C)(=O)=O)cn1. The lowest BCUT2D eigenvalue weighted by molar-refractivity contribution is 0.484. The van der Waals surface area contributed by atoms with Crippen molar-refractivity contribution in [2.75, 3.05) is 37.5 Å². The van der Waals surface area contributed by atoms with Gasteiger partial charge in [0.25, 0.3) is 0 Å². The second-order valence-corrected chi connectivity index (χ2v) is 8.67. The Labute approximate surface area is 120 Å². The fourth-order valence-electron chi connectivity index (χ4n) is 1.41. The van der Waals surface area contributed by atoms with Crippen LogP contribution in [0.3, 0.4) is 0 Å². The first-order chi connectivity index (χ1) is 9.16. The number of rotatable bonds is 7. The van der Waals surface area contributed by atoms with Crippen LogP contribution in [-0.2, 0) is 19.9 Å². The highest BCUT2D eigenvalue weighted by molar-refractivity contribution is 7.91. The summed E-state index contributed by atoms with van der Waals surface area (Å²) < 4.78 is 47.5. The van der Waals surface area contributed by atoms with E-state index >= 15 is 0 Å². The first-order valence-electron chi connectivity index (χ1n) is 6.01. The van der Waals surface area contributed by atoms with Gasteiger partial charge in [-0.1, -0.05) is 0 Å². The first kappa shape index (κ1) is 16.9.